The lowest BCUT2D eigenvalue weighted by Crippen LogP contribution is -2.35. The molecule has 27 heavy (non-hydrogen) atoms. The molecule has 3 rings (SSSR count). The van der Waals surface area contributed by atoms with Gasteiger partial charge in [-0.25, -0.2) is 18.6 Å². The van der Waals surface area contributed by atoms with Crippen molar-refractivity contribution in [1.82, 2.24) is 15.3 Å². The molecule has 8 nitrogen and oxygen atoms in total. The molecule has 1 amide bonds. The van der Waals surface area contributed by atoms with Crippen LogP contribution >= 0.6 is 0 Å². The molecule has 2 saturated carbocycles. The number of carbonyl (C=O) groups excluding carboxylic acids is 1. The monoisotopic (exact) mass is 396 g/mol. The van der Waals surface area contributed by atoms with Gasteiger partial charge in [0.2, 0.25) is 15.9 Å². The Morgan fingerprint density at radius 3 is 2.56 bits per heavy atom. The largest absolute Gasteiger partial charge is 0.360 e. The van der Waals surface area contributed by atoms with E-state index in [-0.39, 0.29) is 40.4 Å². The molecule has 2 aliphatic rings. The van der Waals surface area contributed by atoms with Gasteiger partial charge in [-0.1, -0.05) is 25.9 Å². The fourth-order valence-electron chi connectivity index (χ4n) is 4.51. The quantitative estimate of drug-likeness (QED) is 0.716. The molecule has 1 heterocycles. The van der Waals surface area contributed by atoms with Gasteiger partial charge in [-0.2, -0.15) is 5.10 Å². The van der Waals surface area contributed by atoms with Crippen molar-refractivity contribution in [2.75, 3.05) is 6.54 Å². The van der Waals surface area contributed by atoms with Gasteiger partial charge in [0.05, 0.1) is 0 Å². The van der Waals surface area contributed by atoms with Crippen LogP contribution in [0.2, 0.25) is 0 Å². The van der Waals surface area contributed by atoms with Crippen molar-refractivity contribution in [3.8, 4) is 0 Å². The second-order valence-electron chi connectivity index (χ2n) is 8.39. The lowest BCUT2D eigenvalue weighted by Gasteiger charge is -2.34. The van der Waals surface area contributed by atoms with E-state index in [0.29, 0.717) is 11.6 Å². The molecule has 2 bridgehead atoms. The third kappa shape index (κ3) is 3.31. The first kappa shape index (κ1) is 20.0. The van der Waals surface area contributed by atoms with Crippen molar-refractivity contribution < 1.29 is 17.7 Å². The van der Waals surface area contributed by atoms with E-state index in [1.165, 1.54) is 13.3 Å². The molecule has 2 N–H and O–H groups in total. The first-order chi connectivity index (χ1) is 12.5. The van der Waals surface area contributed by atoms with Crippen molar-refractivity contribution >= 4 is 21.6 Å². The Bertz CT molecular complexity index is 868. The van der Waals surface area contributed by atoms with E-state index in [1.54, 1.807) is 6.92 Å². The average molecular weight is 397 g/mol. The number of sulfonamides is 1. The van der Waals surface area contributed by atoms with Crippen LogP contribution in [0.1, 0.15) is 57.9 Å². The number of fused-ring (bicyclic) bond motifs is 2. The van der Waals surface area contributed by atoms with Gasteiger partial charge in [-0.05, 0) is 44.4 Å². The van der Waals surface area contributed by atoms with Crippen molar-refractivity contribution in [1.29, 1.82) is 0 Å². The SMILES string of the molecule is Cc1noc(C)c1S(=O)(=O)NCCC(=O)N/N=C1\C[C@@H]2CC[C@@]1(C)C2(C)C. The summed E-state index contributed by atoms with van der Waals surface area (Å²) in [4.78, 5) is 12.1. The third-order valence-electron chi connectivity index (χ3n) is 6.71. The molecule has 9 heteroatoms. The molecular weight excluding hydrogens is 368 g/mol. The maximum atomic E-state index is 12.3. The number of amides is 1. The Morgan fingerprint density at radius 2 is 2.04 bits per heavy atom. The Balaban J connectivity index is 1.54. The average Bonchev–Trinajstić information content (AvgIpc) is 3.09. The van der Waals surface area contributed by atoms with Crippen LogP contribution in [-0.4, -0.2) is 31.7 Å². The van der Waals surface area contributed by atoms with Gasteiger partial charge >= 0.3 is 0 Å². The highest BCUT2D eigenvalue weighted by atomic mass is 32.2. The highest BCUT2D eigenvalue weighted by molar-refractivity contribution is 7.89. The van der Waals surface area contributed by atoms with Crippen LogP contribution in [0.5, 0.6) is 0 Å². The Hall–Kier alpha value is -1.74. The van der Waals surface area contributed by atoms with Gasteiger partial charge in [0.15, 0.2) is 5.76 Å². The zero-order valence-corrected chi connectivity index (χ0v) is 17.4. The van der Waals surface area contributed by atoms with E-state index in [9.17, 15) is 13.2 Å². The predicted molar refractivity (Wildman–Crippen MR) is 101 cm³/mol. The van der Waals surface area contributed by atoms with E-state index in [0.717, 1.165) is 18.6 Å². The number of hydrogen-bond acceptors (Lipinski definition) is 6. The van der Waals surface area contributed by atoms with Crippen molar-refractivity contribution in [2.45, 2.75) is 65.2 Å². The molecule has 1 aromatic rings. The fraction of sp³-hybridized carbons (Fsp3) is 0.722. The number of nitrogens with one attached hydrogen (secondary N) is 2. The molecule has 0 aliphatic heterocycles. The van der Waals surface area contributed by atoms with Gasteiger partial charge in [0.1, 0.15) is 10.6 Å². The van der Waals surface area contributed by atoms with Gasteiger partial charge in [-0.3, -0.25) is 4.79 Å². The normalized spacial score (nSPS) is 28.0. The predicted octanol–water partition coefficient (Wildman–Crippen LogP) is 2.28. The summed E-state index contributed by atoms with van der Waals surface area (Å²) in [5, 5.41) is 8.03. The molecule has 0 aromatic carbocycles. The van der Waals surface area contributed by atoms with Crippen molar-refractivity contribution in [3.63, 3.8) is 0 Å². The zero-order chi connectivity index (χ0) is 20.0. The minimum absolute atomic E-state index is 0.00290. The van der Waals surface area contributed by atoms with E-state index < -0.39 is 10.0 Å². The highest BCUT2D eigenvalue weighted by Gasteiger charge is 2.60. The first-order valence-corrected chi connectivity index (χ1v) is 10.8. The number of rotatable bonds is 6. The van der Waals surface area contributed by atoms with Crippen LogP contribution in [0.25, 0.3) is 0 Å². The molecular formula is C18H28N4O4S. The Kier molecular flexibility index (Phi) is 4.96. The summed E-state index contributed by atoms with van der Waals surface area (Å²) in [7, 11) is -3.76. The van der Waals surface area contributed by atoms with E-state index in [2.05, 4.69) is 41.2 Å². The molecule has 2 atom stereocenters. The summed E-state index contributed by atoms with van der Waals surface area (Å²) in [6, 6.07) is 0. The minimum atomic E-state index is -3.76. The number of hydrogen-bond donors (Lipinski definition) is 2. The van der Waals surface area contributed by atoms with Crippen LogP contribution in [0.4, 0.5) is 0 Å². The van der Waals surface area contributed by atoms with Crippen LogP contribution in [0, 0.1) is 30.6 Å². The van der Waals surface area contributed by atoms with Crippen molar-refractivity contribution in [3.05, 3.63) is 11.5 Å². The summed E-state index contributed by atoms with van der Waals surface area (Å²) >= 11 is 0. The lowest BCUT2D eigenvalue weighted by atomic mass is 9.70. The highest BCUT2D eigenvalue weighted by Crippen LogP contribution is 2.63. The fourth-order valence-corrected chi connectivity index (χ4v) is 5.87. The molecule has 2 aliphatic carbocycles. The van der Waals surface area contributed by atoms with Crippen LogP contribution in [-0.2, 0) is 14.8 Å². The topological polar surface area (TPSA) is 114 Å². The van der Waals surface area contributed by atoms with Crippen molar-refractivity contribution in [2.24, 2.45) is 21.8 Å². The standard InChI is InChI=1S/C18H28N4O4S/c1-11-16(12(2)26-22-11)27(24,25)19-9-7-15(23)21-20-14-10-13-6-8-18(14,5)17(13,3)4/h13,19H,6-10H2,1-5H3,(H,21,23)/b20-14+/t13-,18+/m0/s1. The van der Waals surface area contributed by atoms with E-state index >= 15 is 0 Å². The van der Waals surface area contributed by atoms with E-state index in [4.69, 9.17) is 4.52 Å². The number of aromatic nitrogens is 1. The van der Waals surface area contributed by atoms with Crippen LogP contribution < -0.4 is 10.1 Å². The van der Waals surface area contributed by atoms with Gasteiger partial charge < -0.3 is 4.52 Å². The molecule has 0 unspecified atom stereocenters. The maximum Gasteiger partial charge on any atom is 0.245 e. The summed E-state index contributed by atoms with van der Waals surface area (Å²) in [6.45, 7) is 9.86. The van der Waals surface area contributed by atoms with Crippen LogP contribution in [0.3, 0.4) is 0 Å². The number of carbonyl (C=O) groups is 1. The Morgan fingerprint density at radius 1 is 1.33 bits per heavy atom. The molecule has 150 valence electrons. The molecule has 0 spiro atoms. The van der Waals surface area contributed by atoms with E-state index in [1.807, 2.05) is 0 Å². The lowest BCUT2D eigenvalue weighted by molar-refractivity contribution is -0.120. The zero-order valence-electron chi connectivity index (χ0n) is 16.5. The molecule has 2 fully saturated rings. The maximum absolute atomic E-state index is 12.3. The summed E-state index contributed by atoms with van der Waals surface area (Å²) < 4.78 is 31.9. The number of aryl methyl sites for hydroxylation is 2. The minimum Gasteiger partial charge on any atom is -0.360 e. The van der Waals surface area contributed by atoms with Gasteiger partial charge in [0.25, 0.3) is 0 Å². The second kappa shape index (κ2) is 6.70. The first-order valence-electron chi connectivity index (χ1n) is 9.27. The molecule has 0 saturated heterocycles. The smallest absolute Gasteiger partial charge is 0.245 e. The second-order valence-corrected chi connectivity index (χ2v) is 10.1. The van der Waals surface area contributed by atoms with Gasteiger partial charge in [0, 0.05) is 24.1 Å². The number of hydrazone groups is 1. The Labute approximate surface area is 160 Å². The number of nitrogens with zero attached hydrogens (tertiary/aromatic N) is 2. The summed E-state index contributed by atoms with van der Waals surface area (Å²) in [5.41, 5.74) is 4.16. The summed E-state index contributed by atoms with van der Waals surface area (Å²) in [5.74, 6) is 0.524. The molecule has 0 radical (unpaired) electrons. The third-order valence-corrected chi connectivity index (χ3v) is 8.41. The molecule has 1 aromatic heterocycles. The van der Waals surface area contributed by atoms with Gasteiger partial charge in [-0.15, -0.1) is 0 Å². The summed E-state index contributed by atoms with van der Waals surface area (Å²) in [6.07, 6.45) is 3.22. The van der Waals surface area contributed by atoms with Crippen LogP contribution in [0.15, 0.2) is 14.5 Å².